The van der Waals surface area contributed by atoms with Crippen molar-refractivity contribution >= 4 is 17.7 Å². The van der Waals surface area contributed by atoms with Crippen LogP contribution in [-0.2, 0) is 10.5 Å². The molecular formula is C20H24N2O3S. The number of hydrogen-bond donors (Lipinski definition) is 0. The van der Waals surface area contributed by atoms with Crippen LogP contribution in [0.2, 0.25) is 0 Å². The summed E-state index contributed by atoms with van der Waals surface area (Å²) in [5.41, 5.74) is 2.02. The van der Waals surface area contributed by atoms with E-state index in [-0.39, 0.29) is 11.9 Å². The van der Waals surface area contributed by atoms with E-state index < -0.39 is 0 Å². The molecule has 0 N–H and O–H groups in total. The Morgan fingerprint density at radius 2 is 2.15 bits per heavy atom. The van der Waals surface area contributed by atoms with Crippen molar-refractivity contribution in [3.05, 3.63) is 53.9 Å². The molecule has 0 radical (unpaired) electrons. The lowest BCUT2D eigenvalue weighted by atomic mass is 10.0. The van der Waals surface area contributed by atoms with Crippen LogP contribution in [0.3, 0.4) is 0 Å². The highest BCUT2D eigenvalue weighted by atomic mass is 32.2. The molecule has 1 fully saturated rings. The highest BCUT2D eigenvalue weighted by molar-refractivity contribution is 7.99. The van der Waals surface area contributed by atoms with Gasteiger partial charge in [0.1, 0.15) is 11.5 Å². The largest absolute Gasteiger partial charge is 0.497 e. The van der Waals surface area contributed by atoms with Gasteiger partial charge in [-0.05, 0) is 43.2 Å². The summed E-state index contributed by atoms with van der Waals surface area (Å²) in [7, 11) is 3.31. The summed E-state index contributed by atoms with van der Waals surface area (Å²) in [6.45, 7) is 0.786. The van der Waals surface area contributed by atoms with E-state index in [9.17, 15) is 4.79 Å². The van der Waals surface area contributed by atoms with Gasteiger partial charge < -0.3 is 14.4 Å². The molecule has 0 bridgehead atoms. The maximum Gasteiger partial charge on any atom is 0.233 e. The Morgan fingerprint density at radius 1 is 1.27 bits per heavy atom. The second-order valence-electron chi connectivity index (χ2n) is 6.17. The Hall–Kier alpha value is -2.21. The molecule has 1 saturated heterocycles. The van der Waals surface area contributed by atoms with Crippen molar-refractivity contribution in [3.63, 3.8) is 0 Å². The van der Waals surface area contributed by atoms with E-state index in [1.165, 1.54) is 0 Å². The predicted octanol–water partition coefficient (Wildman–Crippen LogP) is 3.70. The second-order valence-corrected chi connectivity index (χ2v) is 7.15. The third-order valence-electron chi connectivity index (χ3n) is 4.57. The molecule has 1 amide bonds. The number of rotatable bonds is 7. The molecular weight excluding hydrogens is 348 g/mol. The van der Waals surface area contributed by atoms with Crippen molar-refractivity contribution < 1.29 is 14.3 Å². The summed E-state index contributed by atoms with van der Waals surface area (Å²) in [5.74, 6) is 2.95. The Morgan fingerprint density at radius 3 is 2.88 bits per heavy atom. The molecule has 0 aliphatic carbocycles. The van der Waals surface area contributed by atoms with Gasteiger partial charge in [0.2, 0.25) is 5.91 Å². The van der Waals surface area contributed by atoms with Crippen LogP contribution in [0.1, 0.15) is 30.1 Å². The highest BCUT2D eigenvalue weighted by Crippen LogP contribution is 2.39. The number of nitrogens with zero attached hydrogens (tertiary/aromatic N) is 2. The number of aromatic nitrogens is 1. The normalized spacial score (nSPS) is 16.5. The van der Waals surface area contributed by atoms with Crippen LogP contribution in [-0.4, -0.2) is 42.3 Å². The fourth-order valence-electron chi connectivity index (χ4n) is 3.30. The number of thioether (sulfide) groups is 1. The molecule has 1 aromatic carbocycles. The number of methoxy groups -OCH3 is 2. The van der Waals surface area contributed by atoms with Crippen molar-refractivity contribution in [2.75, 3.05) is 26.5 Å². The summed E-state index contributed by atoms with van der Waals surface area (Å²) in [6.07, 6.45) is 3.73. The van der Waals surface area contributed by atoms with Gasteiger partial charge in [0, 0.05) is 24.1 Å². The number of likely N-dealkylation sites (tertiary alicyclic amines) is 1. The van der Waals surface area contributed by atoms with Gasteiger partial charge in [-0.25, -0.2) is 0 Å². The smallest absolute Gasteiger partial charge is 0.233 e. The lowest BCUT2D eigenvalue weighted by molar-refractivity contribution is -0.129. The van der Waals surface area contributed by atoms with E-state index >= 15 is 0 Å². The molecule has 6 heteroatoms. The SMILES string of the molecule is COc1ccc(OC)c(C2CCCN2C(=O)CSCc2ccccn2)c1. The van der Waals surface area contributed by atoms with Gasteiger partial charge in [-0.15, -0.1) is 11.8 Å². The third-order valence-corrected chi connectivity index (χ3v) is 5.52. The minimum Gasteiger partial charge on any atom is -0.497 e. The van der Waals surface area contributed by atoms with Gasteiger partial charge in [-0.1, -0.05) is 6.07 Å². The van der Waals surface area contributed by atoms with Crippen molar-refractivity contribution in [1.29, 1.82) is 0 Å². The Kier molecular flexibility index (Phi) is 6.39. The molecule has 3 rings (SSSR count). The summed E-state index contributed by atoms with van der Waals surface area (Å²) in [4.78, 5) is 19.1. The van der Waals surface area contributed by atoms with E-state index in [0.717, 1.165) is 47.9 Å². The topological polar surface area (TPSA) is 51.7 Å². The maximum atomic E-state index is 12.8. The fourth-order valence-corrected chi connectivity index (χ4v) is 4.12. The number of ether oxygens (including phenoxy) is 2. The first kappa shape index (κ1) is 18.6. The number of benzene rings is 1. The minimum absolute atomic E-state index is 0.0444. The van der Waals surface area contributed by atoms with Gasteiger partial charge in [0.25, 0.3) is 0 Å². The van der Waals surface area contributed by atoms with Crippen molar-refractivity contribution in [2.45, 2.75) is 24.6 Å². The summed E-state index contributed by atoms with van der Waals surface area (Å²) in [5, 5.41) is 0. The average Bonchev–Trinajstić information content (AvgIpc) is 3.18. The lowest BCUT2D eigenvalue weighted by Crippen LogP contribution is -2.32. The third kappa shape index (κ3) is 4.30. The van der Waals surface area contributed by atoms with Gasteiger partial charge in [-0.3, -0.25) is 9.78 Å². The molecule has 138 valence electrons. The van der Waals surface area contributed by atoms with Crippen LogP contribution >= 0.6 is 11.8 Å². The van der Waals surface area contributed by atoms with E-state index in [0.29, 0.717) is 5.75 Å². The molecule has 2 heterocycles. The van der Waals surface area contributed by atoms with E-state index in [1.54, 1.807) is 32.2 Å². The first-order valence-corrected chi connectivity index (χ1v) is 9.87. The minimum atomic E-state index is 0.0444. The van der Waals surface area contributed by atoms with Gasteiger partial charge in [-0.2, -0.15) is 0 Å². The molecule has 1 unspecified atom stereocenters. The summed E-state index contributed by atoms with van der Waals surface area (Å²) >= 11 is 1.61. The Balaban J connectivity index is 1.67. The monoisotopic (exact) mass is 372 g/mol. The van der Waals surface area contributed by atoms with Crippen LogP contribution in [0.5, 0.6) is 11.5 Å². The summed E-state index contributed by atoms with van der Waals surface area (Å²) < 4.78 is 10.9. The summed E-state index contributed by atoms with van der Waals surface area (Å²) in [6, 6.07) is 11.7. The van der Waals surface area contributed by atoms with Crippen molar-refractivity contribution in [2.24, 2.45) is 0 Å². The number of amides is 1. The molecule has 0 spiro atoms. The van der Waals surface area contributed by atoms with Crippen LogP contribution < -0.4 is 9.47 Å². The second kappa shape index (κ2) is 8.94. The molecule has 1 atom stereocenters. The zero-order valence-electron chi connectivity index (χ0n) is 15.2. The number of hydrogen-bond acceptors (Lipinski definition) is 5. The fraction of sp³-hybridized carbons (Fsp3) is 0.400. The predicted molar refractivity (Wildman–Crippen MR) is 104 cm³/mol. The Bertz CT molecular complexity index is 739. The Labute approximate surface area is 158 Å². The lowest BCUT2D eigenvalue weighted by Gasteiger charge is -2.26. The molecule has 1 aliphatic rings. The van der Waals surface area contributed by atoms with Gasteiger partial charge in [0.15, 0.2) is 0 Å². The zero-order valence-corrected chi connectivity index (χ0v) is 16.0. The molecule has 26 heavy (non-hydrogen) atoms. The average molecular weight is 372 g/mol. The number of carbonyl (C=O) groups excluding carboxylic acids is 1. The van der Waals surface area contributed by atoms with Crippen LogP contribution in [0.15, 0.2) is 42.6 Å². The zero-order chi connectivity index (χ0) is 18.4. The maximum absolute atomic E-state index is 12.8. The first-order valence-electron chi connectivity index (χ1n) is 8.72. The van der Waals surface area contributed by atoms with Crippen molar-refractivity contribution in [1.82, 2.24) is 9.88 Å². The number of pyridine rings is 1. The molecule has 2 aromatic rings. The highest BCUT2D eigenvalue weighted by Gasteiger charge is 2.31. The van der Waals surface area contributed by atoms with E-state index in [4.69, 9.17) is 9.47 Å². The number of carbonyl (C=O) groups is 1. The molecule has 5 nitrogen and oxygen atoms in total. The van der Waals surface area contributed by atoms with Crippen LogP contribution in [0, 0.1) is 0 Å². The van der Waals surface area contributed by atoms with Crippen LogP contribution in [0.25, 0.3) is 0 Å². The first-order chi connectivity index (χ1) is 12.7. The molecule has 1 aliphatic heterocycles. The molecule has 1 aromatic heterocycles. The van der Waals surface area contributed by atoms with E-state index in [2.05, 4.69) is 4.98 Å². The van der Waals surface area contributed by atoms with E-state index in [1.807, 2.05) is 41.3 Å². The van der Waals surface area contributed by atoms with Crippen molar-refractivity contribution in [3.8, 4) is 11.5 Å². The van der Waals surface area contributed by atoms with Crippen LogP contribution in [0.4, 0.5) is 0 Å². The van der Waals surface area contributed by atoms with Gasteiger partial charge >= 0.3 is 0 Å². The molecule has 0 saturated carbocycles. The standard InChI is InChI=1S/C20H24N2O3S/c1-24-16-8-9-19(25-2)17(12-16)18-7-5-11-22(18)20(23)14-26-13-15-6-3-4-10-21-15/h3-4,6,8-10,12,18H,5,7,11,13-14H2,1-2H3. The van der Waals surface area contributed by atoms with Gasteiger partial charge in [0.05, 0.1) is 31.7 Å². The quantitative estimate of drug-likeness (QED) is 0.742.